The summed E-state index contributed by atoms with van der Waals surface area (Å²) in [6, 6.07) is 1.33. The van der Waals surface area contributed by atoms with Gasteiger partial charge in [0.1, 0.15) is 0 Å². The molecule has 2 N–H and O–H groups in total. The Morgan fingerprint density at radius 3 is 2.53 bits per heavy atom. The highest BCUT2D eigenvalue weighted by Gasteiger charge is 2.33. The Labute approximate surface area is 92.7 Å². The fraction of sp³-hybridized carbons (Fsp3) is 0.917. The van der Waals surface area contributed by atoms with Crippen LogP contribution in [0.3, 0.4) is 0 Å². The second kappa shape index (κ2) is 5.38. The number of rotatable bonds is 5. The molecule has 3 heteroatoms. The predicted molar refractivity (Wildman–Crippen MR) is 64.1 cm³/mol. The number of hydrogen-bond acceptors (Lipinski definition) is 1. The third-order valence-electron chi connectivity index (χ3n) is 3.44. The van der Waals surface area contributed by atoms with Crippen molar-refractivity contribution in [1.82, 2.24) is 10.6 Å². The molecule has 1 aliphatic carbocycles. The summed E-state index contributed by atoms with van der Waals surface area (Å²) in [5, 5.41) is 6.97. The highest BCUT2D eigenvalue weighted by molar-refractivity contribution is 5.83. The number of guanidine groups is 1. The summed E-state index contributed by atoms with van der Waals surface area (Å²) in [5.41, 5.74) is 0. The van der Waals surface area contributed by atoms with Crippen molar-refractivity contribution in [2.45, 2.75) is 64.0 Å². The van der Waals surface area contributed by atoms with E-state index in [4.69, 9.17) is 0 Å². The van der Waals surface area contributed by atoms with Gasteiger partial charge in [-0.25, -0.2) is 0 Å². The van der Waals surface area contributed by atoms with Crippen LogP contribution in [0.1, 0.15) is 51.9 Å². The Morgan fingerprint density at radius 1 is 1.13 bits per heavy atom. The zero-order valence-electron chi connectivity index (χ0n) is 9.76. The fourth-order valence-electron chi connectivity index (χ4n) is 2.52. The van der Waals surface area contributed by atoms with E-state index in [0.29, 0.717) is 12.1 Å². The third kappa shape index (κ3) is 2.86. The van der Waals surface area contributed by atoms with Gasteiger partial charge in [0.05, 0.1) is 0 Å². The van der Waals surface area contributed by atoms with Crippen LogP contribution in [-0.2, 0) is 0 Å². The molecule has 0 aromatic carbocycles. The average Bonchev–Trinajstić information content (AvgIpc) is 2.77. The standard InChI is InChI=1S/C12H23N3/c1-2-3-4-5-9-13-12-14-10-7-6-8-11(10)15-12/h10-11H,2-9H2,1H3,(H2,13,14,15). The second-order valence-corrected chi connectivity index (χ2v) is 4.72. The molecule has 0 aromatic rings. The normalized spacial score (nSPS) is 28.5. The lowest BCUT2D eigenvalue weighted by Gasteiger charge is -2.04. The average molecular weight is 209 g/mol. The summed E-state index contributed by atoms with van der Waals surface area (Å²) in [7, 11) is 0. The van der Waals surface area contributed by atoms with Crippen LogP contribution in [0.4, 0.5) is 0 Å². The summed E-state index contributed by atoms with van der Waals surface area (Å²) in [6.45, 7) is 3.22. The Hall–Kier alpha value is -0.730. The zero-order valence-corrected chi connectivity index (χ0v) is 9.76. The molecule has 0 aromatic heterocycles. The highest BCUT2D eigenvalue weighted by Crippen LogP contribution is 2.22. The molecule has 2 atom stereocenters. The fourth-order valence-corrected chi connectivity index (χ4v) is 2.52. The molecule has 15 heavy (non-hydrogen) atoms. The van der Waals surface area contributed by atoms with E-state index in [1.54, 1.807) is 0 Å². The molecule has 0 amide bonds. The van der Waals surface area contributed by atoms with Crippen molar-refractivity contribution in [3.63, 3.8) is 0 Å². The molecule has 86 valence electrons. The molecule has 0 bridgehead atoms. The lowest BCUT2D eigenvalue weighted by Crippen LogP contribution is -2.28. The molecular weight excluding hydrogens is 186 g/mol. The summed E-state index contributed by atoms with van der Waals surface area (Å²) in [6.07, 6.45) is 9.18. The van der Waals surface area contributed by atoms with Gasteiger partial charge in [-0.3, -0.25) is 4.99 Å². The van der Waals surface area contributed by atoms with Crippen molar-refractivity contribution < 1.29 is 0 Å². The molecule has 3 nitrogen and oxygen atoms in total. The van der Waals surface area contributed by atoms with Gasteiger partial charge in [0.15, 0.2) is 5.96 Å². The molecule has 2 unspecified atom stereocenters. The Morgan fingerprint density at radius 2 is 1.87 bits per heavy atom. The van der Waals surface area contributed by atoms with Crippen LogP contribution >= 0.6 is 0 Å². The monoisotopic (exact) mass is 209 g/mol. The SMILES string of the molecule is CCCCCCN=C1NC2CCCC2N1. The topological polar surface area (TPSA) is 36.4 Å². The molecule has 2 rings (SSSR count). The van der Waals surface area contributed by atoms with Gasteiger partial charge in [-0.15, -0.1) is 0 Å². The summed E-state index contributed by atoms with van der Waals surface area (Å²) >= 11 is 0. The molecule has 1 saturated heterocycles. The van der Waals surface area contributed by atoms with Crippen molar-refractivity contribution >= 4 is 5.96 Å². The number of aliphatic imine (C=N–C) groups is 1. The molecule has 0 radical (unpaired) electrons. The third-order valence-corrected chi connectivity index (χ3v) is 3.44. The van der Waals surface area contributed by atoms with Crippen molar-refractivity contribution in [2.75, 3.05) is 6.54 Å². The lowest BCUT2D eigenvalue weighted by atomic mass is 10.2. The van der Waals surface area contributed by atoms with Crippen LogP contribution in [0.15, 0.2) is 4.99 Å². The van der Waals surface area contributed by atoms with Crippen LogP contribution in [0.5, 0.6) is 0 Å². The Bertz CT molecular complexity index is 211. The molecule has 0 spiro atoms. The van der Waals surface area contributed by atoms with E-state index in [2.05, 4.69) is 22.5 Å². The number of fused-ring (bicyclic) bond motifs is 1. The van der Waals surface area contributed by atoms with E-state index in [1.807, 2.05) is 0 Å². The minimum Gasteiger partial charge on any atom is -0.352 e. The van der Waals surface area contributed by atoms with Crippen LogP contribution in [0, 0.1) is 0 Å². The summed E-state index contributed by atoms with van der Waals surface area (Å²) in [4.78, 5) is 4.57. The second-order valence-electron chi connectivity index (χ2n) is 4.72. The van der Waals surface area contributed by atoms with Gasteiger partial charge < -0.3 is 10.6 Å². The van der Waals surface area contributed by atoms with Crippen LogP contribution in [0.2, 0.25) is 0 Å². The van der Waals surface area contributed by atoms with Crippen molar-refractivity contribution in [3.8, 4) is 0 Å². The minimum atomic E-state index is 0.666. The maximum atomic E-state index is 4.57. The number of nitrogens with one attached hydrogen (secondary N) is 2. The molecule has 1 heterocycles. The first-order valence-electron chi connectivity index (χ1n) is 6.47. The molecule has 2 fully saturated rings. The van der Waals surface area contributed by atoms with Crippen molar-refractivity contribution in [2.24, 2.45) is 4.99 Å². The van der Waals surface area contributed by atoms with E-state index in [1.165, 1.54) is 44.9 Å². The molecular formula is C12H23N3. The smallest absolute Gasteiger partial charge is 0.191 e. The van der Waals surface area contributed by atoms with Gasteiger partial charge in [0.2, 0.25) is 0 Å². The van der Waals surface area contributed by atoms with E-state index >= 15 is 0 Å². The van der Waals surface area contributed by atoms with E-state index in [9.17, 15) is 0 Å². The van der Waals surface area contributed by atoms with E-state index in [-0.39, 0.29) is 0 Å². The zero-order chi connectivity index (χ0) is 10.5. The van der Waals surface area contributed by atoms with Gasteiger partial charge in [-0.2, -0.15) is 0 Å². The van der Waals surface area contributed by atoms with Crippen molar-refractivity contribution in [1.29, 1.82) is 0 Å². The van der Waals surface area contributed by atoms with Gasteiger partial charge in [0, 0.05) is 18.6 Å². The van der Waals surface area contributed by atoms with E-state index in [0.717, 1.165) is 12.5 Å². The number of nitrogens with zero attached hydrogens (tertiary/aromatic N) is 1. The van der Waals surface area contributed by atoms with Crippen LogP contribution < -0.4 is 10.6 Å². The van der Waals surface area contributed by atoms with Crippen molar-refractivity contribution in [3.05, 3.63) is 0 Å². The molecule has 1 aliphatic heterocycles. The van der Waals surface area contributed by atoms with E-state index < -0.39 is 0 Å². The van der Waals surface area contributed by atoms with Gasteiger partial charge >= 0.3 is 0 Å². The largest absolute Gasteiger partial charge is 0.352 e. The van der Waals surface area contributed by atoms with Crippen LogP contribution in [-0.4, -0.2) is 24.6 Å². The predicted octanol–water partition coefficient (Wildman–Crippen LogP) is 2.04. The number of unbranched alkanes of at least 4 members (excludes halogenated alkanes) is 3. The van der Waals surface area contributed by atoms with Gasteiger partial charge in [-0.05, 0) is 25.7 Å². The summed E-state index contributed by atoms with van der Waals surface area (Å²) < 4.78 is 0. The quantitative estimate of drug-likeness (QED) is 0.680. The molecule has 1 saturated carbocycles. The Kier molecular flexibility index (Phi) is 3.87. The Balaban J connectivity index is 1.65. The lowest BCUT2D eigenvalue weighted by molar-refractivity contribution is 0.583. The first kappa shape index (κ1) is 10.8. The maximum Gasteiger partial charge on any atom is 0.191 e. The highest BCUT2D eigenvalue weighted by atomic mass is 15.3. The first-order valence-corrected chi connectivity index (χ1v) is 6.47. The maximum absolute atomic E-state index is 4.57. The van der Waals surface area contributed by atoms with Crippen LogP contribution in [0.25, 0.3) is 0 Å². The minimum absolute atomic E-state index is 0.666. The summed E-state index contributed by atoms with van der Waals surface area (Å²) in [5.74, 6) is 1.06. The van der Waals surface area contributed by atoms with Gasteiger partial charge in [-0.1, -0.05) is 26.2 Å². The number of hydrogen-bond donors (Lipinski definition) is 2. The molecule has 2 aliphatic rings. The van der Waals surface area contributed by atoms with Gasteiger partial charge in [0.25, 0.3) is 0 Å². The first-order chi connectivity index (χ1) is 7.40.